The number of nitrogens with zero attached hydrogens (tertiary/aromatic N) is 1. The number of rotatable bonds is 2. The smallest absolute Gasteiger partial charge is 0.161 e. The number of hydrogen-bond donors (Lipinski definition) is 1. The van der Waals surface area contributed by atoms with Gasteiger partial charge in [0.05, 0.1) is 17.1 Å². The molecule has 0 amide bonds. The zero-order chi connectivity index (χ0) is 13.3. The average molecular weight is 341 g/mol. The van der Waals surface area contributed by atoms with Crippen LogP contribution >= 0.6 is 27.7 Å². The van der Waals surface area contributed by atoms with Gasteiger partial charge in [-0.25, -0.2) is 0 Å². The maximum Gasteiger partial charge on any atom is 0.161 e. The van der Waals surface area contributed by atoms with Crippen LogP contribution in [0, 0.1) is 0 Å². The average Bonchev–Trinajstić information content (AvgIpc) is 3.03. The molecule has 0 atom stereocenters. The van der Waals surface area contributed by atoms with Gasteiger partial charge in [0, 0.05) is 17.5 Å². The van der Waals surface area contributed by atoms with Crippen molar-refractivity contribution in [1.82, 2.24) is 0 Å². The van der Waals surface area contributed by atoms with Crippen molar-refractivity contribution in [3.63, 3.8) is 0 Å². The molecule has 19 heavy (non-hydrogen) atoms. The molecule has 1 aliphatic heterocycles. The van der Waals surface area contributed by atoms with Crippen LogP contribution in [0.5, 0.6) is 5.75 Å². The summed E-state index contributed by atoms with van der Waals surface area (Å²) in [6.07, 6.45) is 5.14. The summed E-state index contributed by atoms with van der Waals surface area (Å²) in [4.78, 5) is 4.91. The summed E-state index contributed by atoms with van der Waals surface area (Å²) in [5.41, 5.74) is 1.26. The second-order valence-corrected chi connectivity index (χ2v) is 6.93. The minimum atomic E-state index is 0.229. The lowest BCUT2D eigenvalue weighted by Crippen LogP contribution is -2.21. The Morgan fingerprint density at radius 1 is 1.37 bits per heavy atom. The van der Waals surface area contributed by atoms with Crippen LogP contribution in [0.3, 0.4) is 0 Å². The number of amidine groups is 1. The predicted octanol–water partition coefficient (Wildman–Crippen LogP) is 4.29. The molecule has 1 aromatic rings. The second-order valence-electron chi connectivity index (χ2n) is 5.11. The first kappa shape index (κ1) is 13.3. The Morgan fingerprint density at radius 3 is 2.89 bits per heavy atom. The maximum atomic E-state index is 5.31. The molecule has 1 spiro atoms. The van der Waals surface area contributed by atoms with Crippen molar-refractivity contribution >= 4 is 38.5 Å². The molecule has 0 saturated heterocycles. The van der Waals surface area contributed by atoms with E-state index < -0.39 is 0 Å². The number of thioether (sulfide) groups is 1. The van der Waals surface area contributed by atoms with Gasteiger partial charge in [-0.3, -0.25) is 4.99 Å². The van der Waals surface area contributed by atoms with E-state index in [9.17, 15) is 0 Å². The van der Waals surface area contributed by atoms with Crippen LogP contribution in [0.4, 0.5) is 5.69 Å². The molecule has 1 aliphatic carbocycles. The lowest BCUT2D eigenvalue weighted by molar-refractivity contribution is 0.412. The fraction of sp³-hybridized carbons (Fsp3) is 0.500. The Labute approximate surface area is 126 Å². The largest absolute Gasteiger partial charge is 0.495 e. The number of anilines is 1. The molecule has 1 N–H and O–H groups in total. The first-order valence-electron chi connectivity index (χ1n) is 6.54. The summed E-state index contributed by atoms with van der Waals surface area (Å²) in [5, 5.41) is 4.45. The highest BCUT2D eigenvalue weighted by Gasteiger charge is 2.38. The fourth-order valence-electron chi connectivity index (χ4n) is 2.70. The summed E-state index contributed by atoms with van der Waals surface area (Å²) in [6, 6.07) is 6.02. The van der Waals surface area contributed by atoms with Crippen LogP contribution in [0.25, 0.3) is 0 Å². The van der Waals surface area contributed by atoms with E-state index in [0.29, 0.717) is 0 Å². The Morgan fingerprint density at radius 2 is 2.16 bits per heavy atom. The summed E-state index contributed by atoms with van der Waals surface area (Å²) in [7, 11) is 1.68. The van der Waals surface area contributed by atoms with Crippen LogP contribution in [0.15, 0.2) is 27.7 Å². The van der Waals surface area contributed by atoms with Crippen LogP contribution in [-0.4, -0.2) is 23.6 Å². The van der Waals surface area contributed by atoms with E-state index >= 15 is 0 Å². The van der Waals surface area contributed by atoms with Crippen LogP contribution in [0.1, 0.15) is 25.7 Å². The molecule has 0 unspecified atom stereocenters. The van der Waals surface area contributed by atoms with E-state index in [4.69, 9.17) is 9.73 Å². The van der Waals surface area contributed by atoms with E-state index in [2.05, 4.69) is 21.2 Å². The van der Waals surface area contributed by atoms with Crippen molar-refractivity contribution in [2.24, 2.45) is 4.99 Å². The number of nitrogens with one attached hydrogen (secondary N) is 1. The number of aliphatic imine (C=N–C) groups is 1. The molecular weight excluding hydrogens is 324 g/mol. The molecule has 0 bridgehead atoms. The van der Waals surface area contributed by atoms with Crippen molar-refractivity contribution in [3.05, 3.63) is 22.7 Å². The molecule has 0 radical (unpaired) electrons. The molecule has 0 aromatic heterocycles. The van der Waals surface area contributed by atoms with E-state index in [1.807, 2.05) is 30.0 Å². The molecule has 5 heteroatoms. The van der Waals surface area contributed by atoms with Crippen LogP contribution in [0.2, 0.25) is 0 Å². The topological polar surface area (TPSA) is 33.6 Å². The lowest BCUT2D eigenvalue weighted by atomic mass is 10.0. The van der Waals surface area contributed by atoms with Gasteiger partial charge in [-0.1, -0.05) is 24.6 Å². The minimum Gasteiger partial charge on any atom is -0.495 e. The summed E-state index contributed by atoms with van der Waals surface area (Å²) >= 11 is 5.30. The van der Waals surface area contributed by atoms with Crippen molar-refractivity contribution < 1.29 is 4.74 Å². The molecule has 102 valence electrons. The van der Waals surface area contributed by atoms with Crippen molar-refractivity contribution in [2.45, 2.75) is 31.2 Å². The Balaban J connectivity index is 1.75. The predicted molar refractivity (Wildman–Crippen MR) is 85.4 cm³/mol. The normalized spacial score (nSPS) is 20.6. The quantitative estimate of drug-likeness (QED) is 0.871. The second kappa shape index (κ2) is 5.37. The SMILES string of the molecule is COc1cc(NC2=NC3(CCCC3)CS2)ccc1Br. The van der Waals surface area contributed by atoms with Crippen molar-refractivity contribution in [3.8, 4) is 5.75 Å². The Kier molecular flexibility index (Phi) is 3.76. The molecule has 1 fully saturated rings. The van der Waals surface area contributed by atoms with Gasteiger partial charge in [-0.2, -0.15) is 0 Å². The van der Waals surface area contributed by atoms with Gasteiger partial charge in [-0.15, -0.1) is 0 Å². The molecule has 3 nitrogen and oxygen atoms in total. The van der Waals surface area contributed by atoms with Gasteiger partial charge < -0.3 is 10.1 Å². The van der Waals surface area contributed by atoms with Crippen LogP contribution in [-0.2, 0) is 0 Å². The monoisotopic (exact) mass is 340 g/mol. The third-order valence-electron chi connectivity index (χ3n) is 3.75. The number of halogens is 1. The fourth-order valence-corrected chi connectivity index (χ4v) is 4.31. The van der Waals surface area contributed by atoms with Gasteiger partial charge in [0.15, 0.2) is 5.17 Å². The van der Waals surface area contributed by atoms with E-state index in [1.54, 1.807) is 7.11 Å². The minimum absolute atomic E-state index is 0.229. The third-order valence-corrected chi connectivity index (χ3v) is 5.56. The first-order chi connectivity index (χ1) is 9.21. The zero-order valence-electron chi connectivity index (χ0n) is 10.9. The molecule has 1 saturated carbocycles. The number of hydrogen-bond acceptors (Lipinski definition) is 4. The molecule has 2 aliphatic rings. The van der Waals surface area contributed by atoms with Gasteiger partial charge in [0.1, 0.15) is 5.75 Å². The maximum absolute atomic E-state index is 5.31. The van der Waals surface area contributed by atoms with Gasteiger partial charge in [0.25, 0.3) is 0 Å². The number of methoxy groups -OCH3 is 1. The summed E-state index contributed by atoms with van der Waals surface area (Å²) in [5.74, 6) is 1.97. The molecule has 3 rings (SSSR count). The number of ether oxygens (including phenoxy) is 1. The van der Waals surface area contributed by atoms with Gasteiger partial charge in [-0.05, 0) is 40.9 Å². The lowest BCUT2D eigenvalue weighted by Gasteiger charge is -2.16. The standard InChI is InChI=1S/C14H17BrN2OS/c1-18-12-8-10(4-5-11(12)15)16-13-17-14(9-19-13)6-2-3-7-14/h4-5,8H,2-3,6-7,9H2,1H3,(H,16,17). The third kappa shape index (κ3) is 2.77. The summed E-state index contributed by atoms with van der Waals surface area (Å²) in [6.45, 7) is 0. The Hall–Kier alpha value is -0.680. The summed E-state index contributed by atoms with van der Waals surface area (Å²) < 4.78 is 6.28. The zero-order valence-corrected chi connectivity index (χ0v) is 13.3. The van der Waals surface area contributed by atoms with Gasteiger partial charge >= 0.3 is 0 Å². The first-order valence-corrected chi connectivity index (χ1v) is 8.32. The van der Waals surface area contributed by atoms with Crippen molar-refractivity contribution in [2.75, 3.05) is 18.2 Å². The molecule has 1 heterocycles. The van der Waals surface area contributed by atoms with Gasteiger partial charge in [0.2, 0.25) is 0 Å². The van der Waals surface area contributed by atoms with E-state index in [0.717, 1.165) is 26.8 Å². The molecular formula is C14H17BrN2OS. The highest BCUT2D eigenvalue weighted by Crippen LogP contribution is 2.41. The van der Waals surface area contributed by atoms with E-state index in [-0.39, 0.29) is 5.54 Å². The highest BCUT2D eigenvalue weighted by molar-refractivity contribution is 9.10. The van der Waals surface area contributed by atoms with Crippen molar-refractivity contribution in [1.29, 1.82) is 0 Å². The van der Waals surface area contributed by atoms with Crippen LogP contribution < -0.4 is 10.1 Å². The Bertz CT molecular complexity index is 512. The molecule has 1 aromatic carbocycles. The van der Waals surface area contributed by atoms with E-state index in [1.165, 1.54) is 25.7 Å². The highest BCUT2D eigenvalue weighted by atomic mass is 79.9. The number of benzene rings is 1.